The van der Waals surface area contributed by atoms with Crippen LogP contribution in [0.25, 0.3) is 0 Å². The molecule has 0 radical (unpaired) electrons. The molecule has 0 bridgehead atoms. The van der Waals surface area contributed by atoms with Gasteiger partial charge < -0.3 is 19.7 Å². The number of amides is 1. The predicted molar refractivity (Wildman–Crippen MR) is 92.6 cm³/mol. The molecule has 2 aromatic rings. The summed E-state index contributed by atoms with van der Waals surface area (Å²) in [6, 6.07) is 8.11. The number of para-hydroxylation sites is 1. The number of halogens is 2. The van der Waals surface area contributed by atoms with Crippen molar-refractivity contribution in [2.24, 2.45) is 0 Å². The van der Waals surface area contributed by atoms with Crippen LogP contribution in [0.5, 0.6) is 11.5 Å². The lowest BCUT2D eigenvalue weighted by atomic mass is 10.0. The van der Waals surface area contributed by atoms with Crippen LogP contribution in [0.4, 0.5) is 8.78 Å². The van der Waals surface area contributed by atoms with Crippen LogP contribution in [-0.2, 0) is 0 Å². The van der Waals surface area contributed by atoms with Crippen molar-refractivity contribution in [3.05, 3.63) is 59.2 Å². The lowest BCUT2D eigenvalue weighted by molar-refractivity contribution is 0.0929. The Hall–Kier alpha value is -2.67. The second-order valence-corrected chi connectivity index (χ2v) is 6.15. The van der Waals surface area contributed by atoms with Gasteiger partial charge >= 0.3 is 0 Å². The molecule has 7 heteroatoms. The van der Waals surface area contributed by atoms with E-state index >= 15 is 0 Å². The van der Waals surface area contributed by atoms with E-state index in [1.807, 2.05) is 0 Å². The van der Waals surface area contributed by atoms with E-state index in [1.165, 1.54) is 18.2 Å². The van der Waals surface area contributed by atoms with Crippen molar-refractivity contribution < 1.29 is 23.0 Å². The summed E-state index contributed by atoms with van der Waals surface area (Å²) in [4.78, 5) is 14.2. The molecule has 1 aliphatic rings. The van der Waals surface area contributed by atoms with Gasteiger partial charge in [-0.25, -0.2) is 8.78 Å². The van der Waals surface area contributed by atoms with Crippen LogP contribution in [0.2, 0.25) is 0 Å². The van der Waals surface area contributed by atoms with E-state index in [0.29, 0.717) is 30.3 Å². The second kappa shape index (κ2) is 7.70. The van der Waals surface area contributed by atoms with Gasteiger partial charge in [-0.2, -0.15) is 0 Å². The minimum atomic E-state index is -0.656. The van der Waals surface area contributed by atoms with Crippen molar-refractivity contribution in [1.82, 2.24) is 10.2 Å². The van der Waals surface area contributed by atoms with E-state index in [0.717, 1.165) is 0 Å². The first-order chi connectivity index (χ1) is 12.5. The summed E-state index contributed by atoms with van der Waals surface area (Å²) in [5, 5.41) is 2.73. The first-order valence-corrected chi connectivity index (χ1v) is 8.26. The van der Waals surface area contributed by atoms with Crippen molar-refractivity contribution in [2.45, 2.75) is 6.04 Å². The fourth-order valence-electron chi connectivity index (χ4n) is 2.91. The number of hydrogen-bond donors (Lipinski definition) is 1. The number of nitrogens with zero attached hydrogens (tertiary/aromatic N) is 1. The summed E-state index contributed by atoms with van der Waals surface area (Å²) in [5.74, 6) is -0.794. The zero-order valence-corrected chi connectivity index (χ0v) is 14.6. The number of benzene rings is 2. The van der Waals surface area contributed by atoms with Crippen LogP contribution in [0.15, 0.2) is 36.4 Å². The topological polar surface area (TPSA) is 50.8 Å². The van der Waals surface area contributed by atoms with Crippen molar-refractivity contribution in [2.75, 3.05) is 33.9 Å². The van der Waals surface area contributed by atoms with Gasteiger partial charge in [0.05, 0.1) is 11.6 Å². The zero-order valence-electron chi connectivity index (χ0n) is 14.6. The molecule has 0 saturated carbocycles. The first-order valence-electron chi connectivity index (χ1n) is 8.26. The van der Waals surface area contributed by atoms with Crippen LogP contribution in [0, 0.1) is 11.6 Å². The maximum atomic E-state index is 14.1. The Morgan fingerprint density at radius 3 is 2.46 bits per heavy atom. The van der Waals surface area contributed by atoms with Crippen molar-refractivity contribution in [3.8, 4) is 11.5 Å². The lowest BCUT2D eigenvalue weighted by Crippen LogP contribution is -2.36. The fraction of sp³-hybridized carbons (Fsp3) is 0.316. The van der Waals surface area contributed by atoms with Crippen LogP contribution in [-0.4, -0.2) is 44.7 Å². The van der Waals surface area contributed by atoms with Gasteiger partial charge in [0, 0.05) is 12.1 Å². The molecular formula is C19H20F2N2O3. The molecule has 0 aromatic heterocycles. The Bertz CT molecular complexity index is 791. The highest BCUT2D eigenvalue weighted by Gasteiger charge is 2.25. The van der Waals surface area contributed by atoms with Gasteiger partial charge in [0.25, 0.3) is 5.91 Å². The maximum absolute atomic E-state index is 14.1. The second-order valence-electron chi connectivity index (χ2n) is 6.15. The van der Waals surface area contributed by atoms with Gasteiger partial charge in [-0.1, -0.05) is 12.1 Å². The highest BCUT2D eigenvalue weighted by Crippen LogP contribution is 2.33. The smallest absolute Gasteiger partial charge is 0.255 e. The highest BCUT2D eigenvalue weighted by molar-refractivity contribution is 5.97. The molecule has 1 heterocycles. The van der Waals surface area contributed by atoms with Gasteiger partial charge in [-0.15, -0.1) is 0 Å². The number of carbonyl (C=O) groups excluding carboxylic acids is 1. The molecule has 3 rings (SSSR count). The van der Waals surface area contributed by atoms with E-state index in [1.54, 1.807) is 37.2 Å². The van der Waals surface area contributed by atoms with Crippen LogP contribution in [0.1, 0.15) is 22.0 Å². The van der Waals surface area contributed by atoms with Crippen LogP contribution < -0.4 is 14.8 Å². The summed E-state index contributed by atoms with van der Waals surface area (Å²) >= 11 is 0. The number of ether oxygens (including phenoxy) is 2. The van der Waals surface area contributed by atoms with Gasteiger partial charge in [-0.3, -0.25) is 4.79 Å². The Morgan fingerprint density at radius 2 is 1.77 bits per heavy atom. The predicted octanol–water partition coefficient (Wildman–Crippen LogP) is 2.77. The Kier molecular flexibility index (Phi) is 5.37. The Morgan fingerprint density at radius 1 is 1.12 bits per heavy atom. The first kappa shape index (κ1) is 18.1. The fourth-order valence-corrected chi connectivity index (χ4v) is 2.91. The third-order valence-corrected chi connectivity index (χ3v) is 4.22. The zero-order chi connectivity index (χ0) is 18.7. The van der Waals surface area contributed by atoms with Gasteiger partial charge in [-0.05, 0) is 38.4 Å². The highest BCUT2D eigenvalue weighted by atomic mass is 19.1. The SMILES string of the molecule is CN(C)C(CNC(=O)c1cccc2c1OCCO2)c1c(F)cccc1F. The standard InChI is InChI=1S/C19H20F2N2O3/c1-23(2)15(17-13(20)6-4-7-14(17)21)11-22-19(24)12-5-3-8-16-18(12)26-10-9-25-16/h3-8,15H,9-11H2,1-2H3,(H,22,24). The number of carbonyl (C=O) groups is 1. The van der Waals surface area contributed by atoms with Crippen molar-refractivity contribution in [1.29, 1.82) is 0 Å². The number of likely N-dealkylation sites (N-methyl/N-ethyl adjacent to an activating group) is 1. The monoisotopic (exact) mass is 362 g/mol. The van der Waals surface area contributed by atoms with Crippen molar-refractivity contribution in [3.63, 3.8) is 0 Å². The molecule has 2 aromatic carbocycles. The minimum absolute atomic E-state index is 0.0359. The van der Waals surface area contributed by atoms with E-state index in [9.17, 15) is 13.6 Å². The maximum Gasteiger partial charge on any atom is 0.255 e. The summed E-state index contributed by atoms with van der Waals surface area (Å²) in [5.41, 5.74) is 0.251. The van der Waals surface area contributed by atoms with Crippen LogP contribution in [0.3, 0.4) is 0 Å². The Labute approximate surface area is 150 Å². The van der Waals surface area contributed by atoms with Gasteiger partial charge in [0.2, 0.25) is 0 Å². The lowest BCUT2D eigenvalue weighted by Gasteiger charge is -2.26. The normalized spacial score (nSPS) is 14.2. The Balaban J connectivity index is 1.79. The summed E-state index contributed by atoms with van der Waals surface area (Å²) < 4.78 is 39.2. The minimum Gasteiger partial charge on any atom is -0.486 e. The van der Waals surface area contributed by atoms with Gasteiger partial charge in [0.1, 0.15) is 24.8 Å². The number of hydrogen-bond acceptors (Lipinski definition) is 4. The number of fused-ring (bicyclic) bond motifs is 1. The molecule has 0 fully saturated rings. The molecule has 0 aliphatic carbocycles. The molecule has 0 spiro atoms. The van der Waals surface area contributed by atoms with Crippen molar-refractivity contribution >= 4 is 5.91 Å². The average Bonchev–Trinajstić information content (AvgIpc) is 2.63. The molecule has 1 aliphatic heterocycles. The number of rotatable bonds is 5. The molecule has 138 valence electrons. The summed E-state index contributed by atoms with van der Waals surface area (Å²) in [6.07, 6.45) is 0. The van der Waals surface area contributed by atoms with E-state index in [2.05, 4.69) is 5.32 Å². The molecule has 1 unspecified atom stereocenters. The number of nitrogens with one attached hydrogen (secondary N) is 1. The molecule has 0 saturated heterocycles. The van der Waals surface area contributed by atoms with E-state index < -0.39 is 23.6 Å². The molecule has 5 nitrogen and oxygen atoms in total. The largest absolute Gasteiger partial charge is 0.486 e. The quantitative estimate of drug-likeness (QED) is 0.889. The average molecular weight is 362 g/mol. The molecule has 26 heavy (non-hydrogen) atoms. The van der Waals surface area contributed by atoms with E-state index in [-0.39, 0.29) is 12.1 Å². The molecule has 1 N–H and O–H groups in total. The third kappa shape index (κ3) is 3.62. The van der Waals surface area contributed by atoms with Gasteiger partial charge in [0.15, 0.2) is 11.5 Å². The third-order valence-electron chi connectivity index (χ3n) is 4.22. The van der Waals surface area contributed by atoms with Crippen LogP contribution >= 0.6 is 0 Å². The summed E-state index contributed by atoms with van der Waals surface area (Å²) in [7, 11) is 3.40. The molecular weight excluding hydrogens is 342 g/mol. The summed E-state index contributed by atoms with van der Waals surface area (Å²) in [6.45, 7) is 0.819. The van der Waals surface area contributed by atoms with E-state index in [4.69, 9.17) is 9.47 Å². The molecule has 1 atom stereocenters. The molecule has 1 amide bonds.